The second kappa shape index (κ2) is 4.19. The molecule has 0 bridgehead atoms. The van der Waals surface area contributed by atoms with E-state index in [0.29, 0.717) is 10.6 Å². The van der Waals surface area contributed by atoms with Crippen molar-refractivity contribution in [1.82, 2.24) is 9.97 Å². The fourth-order valence-electron chi connectivity index (χ4n) is 1.33. The van der Waals surface area contributed by atoms with Gasteiger partial charge in [0.05, 0.1) is 5.02 Å². The van der Waals surface area contributed by atoms with E-state index in [0.717, 1.165) is 17.4 Å². The standard InChI is InChI=1S/C11H7ClN2O/c12-11-6-14-5-9(10(11)7-15)8-1-3-13-4-2-8/h1-7H. The second-order valence-electron chi connectivity index (χ2n) is 2.94. The van der Waals surface area contributed by atoms with Crippen LogP contribution in [0.4, 0.5) is 0 Å². The quantitative estimate of drug-likeness (QED) is 0.728. The first-order chi connectivity index (χ1) is 7.33. The van der Waals surface area contributed by atoms with Gasteiger partial charge in [-0.2, -0.15) is 0 Å². The van der Waals surface area contributed by atoms with Crippen molar-refractivity contribution >= 4 is 17.9 Å². The first-order valence-electron chi connectivity index (χ1n) is 4.32. The summed E-state index contributed by atoms with van der Waals surface area (Å²) in [7, 11) is 0. The lowest BCUT2D eigenvalue weighted by molar-refractivity contribution is 0.112. The molecule has 0 N–H and O–H groups in total. The minimum absolute atomic E-state index is 0.360. The fraction of sp³-hybridized carbons (Fsp3) is 0. The Morgan fingerprint density at radius 3 is 2.53 bits per heavy atom. The van der Waals surface area contributed by atoms with Crippen LogP contribution in [0.25, 0.3) is 11.1 Å². The number of nitrogens with zero attached hydrogens (tertiary/aromatic N) is 2. The lowest BCUT2D eigenvalue weighted by atomic mass is 10.0. The number of halogens is 1. The van der Waals surface area contributed by atoms with Gasteiger partial charge in [-0.3, -0.25) is 14.8 Å². The Labute approximate surface area is 91.8 Å². The highest BCUT2D eigenvalue weighted by Crippen LogP contribution is 2.25. The fourth-order valence-corrected chi connectivity index (χ4v) is 1.53. The third-order valence-electron chi connectivity index (χ3n) is 2.05. The molecular formula is C11H7ClN2O. The molecule has 0 spiro atoms. The Balaban J connectivity index is 2.63. The zero-order valence-corrected chi connectivity index (χ0v) is 8.48. The van der Waals surface area contributed by atoms with E-state index in [1.165, 1.54) is 6.20 Å². The highest BCUT2D eigenvalue weighted by Gasteiger charge is 2.08. The summed E-state index contributed by atoms with van der Waals surface area (Å²) >= 11 is 5.87. The van der Waals surface area contributed by atoms with E-state index >= 15 is 0 Å². The summed E-state index contributed by atoms with van der Waals surface area (Å²) in [5.74, 6) is 0. The van der Waals surface area contributed by atoms with Crippen molar-refractivity contribution in [3.05, 3.63) is 47.5 Å². The second-order valence-corrected chi connectivity index (χ2v) is 3.34. The molecule has 4 heteroatoms. The van der Waals surface area contributed by atoms with Gasteiger partial charge in [0.15, 0.2) is 6.29 Å². The minimum Gasteiger partial charge on any atom is -0.298 e. The van der Waals surface area contributed by atoms with Crippen LogP contribution in [0.1, 0.15) is 10.4 Å². The summed E-state index contributed by atoms with van der Waals surface area (Å²) < 4.78 is 0. The van der Waals surface area contributed by atoms with Gasteiger partial charge in [-0.15, -0.1) is 0 Å². The van der Waals surface area contributed by atoms with Gasteiger partial charge in [0.1, 0.15) is 0 Å². The third-order valence-corrected chi connectivity index (χ3v) is 2.35. The average molecular weight is 219 g/mol. The van der Waals surface area contributed by atoms with Crippen LogP contribution in [0.3, 0.4) is 0 Å². The van der Waals surface area contributed by atoms with Gasteiger partial charge in [0, 0.05) is 35.9 Å². The van der Waals surface area contributed by atoms with Gasteiger partial charge in [-0.05, 0) is 17.7 Å². The summed E-state index contributed by atoms with van der Waals surface area (Å²) in [5, 5.41) is 0.360. The summed E-state index contributed by atoms with van der Waals surface area (Å²) in [4.78, 5) is 18.8. The molecule has 74 valence electrons. The monoisotopic (exact) mass is 218 g/mol. The molecule has 0 amide bonds. The molecular weight excluding hydrogens is 212 g/mol. The van der Waals surface area contributed by atoms with Crippen molar-refractivity contribution in [2.45, 2.75) is 0 Å². The summed E-state index contributed by atoms with van der Waals surface area (Å²) in [6.45, 7) is 0. The molecule has 0 saturated heterocycles. The molecule has 2 aromatic rings. The zero-order chi connectivity index (χ0) is 10.7. The van der Waals surface area contributed by atoms with Crippen LogP contribution in [0, 0.1) is 0 Å². The van der Waals surface area contributed by atoms with Crippen molar-refractivity contribution in [2.24, 2.45) is 0 Å². The van der Waals surface area contributed by atoms with E-state index in [-0.39, 0.29) is 0 Å². The van der Waals surface area contributed by atoms with Gasteiger partial charge < -0.3 is 0 Å². The van der Waals surface area contributed by atoms with E-state index in [1.54, 1.807) is 30.7 Å². The van der Waals surface area contributed by atoms with Gasteiger partial charge in [0.2, 0.25) is 0 Å². The number of aldehydes is 1. The Kier molecular flexibility index (Phi) is 2.74. The predicted octanol–water partition coefficient (Wildman–Crippen LogP) is 2.61. The van der Waals surface area contributed by atoms with Crippen LogP contribution in [-0.2, 0) is 0 Å². The molecule has 2 rings (SSSR count). The number of aromatic nitrogens is 2. The summed E-state index contributed by atoms with van der Waals surface area (Å²) in [6.07, 6.45) is 7.12. The summed E-state index contributed by atoms with van der Waals surface area (Å²) in [6, 6.07) is 3.61. The van der Waals surface area contributed by atoms with Crippen LogP contribution in [0.15, 0.2) is 36.9 Å². The highest BCUT2D eigenvalue weighted by atomic mass is 35.5. The van der Waals surface area contributed by atoms with Crippen LogP contribution in [0.5, 0.6) is 0 Å². The lowest BCUT2D eigenvalue weighted by Gasteiger charge is -2.04. The molecule has 0 aliphatic heterocycles. The lowest BCUT2D eigenvalue weighted by Crippen LogP contribution is -1.90. The van der Waals surface area contributed by atoms with Crippen molar-refractivity contribution in [3.8, 4) is 11.1 Å². The summed E-state index contributed by atoms with van der Waals surface area (Å²) in [5.41, 5.74) is 2.06. The van der Waals surface area contributed by atoms with Crippen LogP contribution >= 0.6 is 11.6 Å². The normalized spacial score (nSPS) is 9.93. The van der Waals surface area contributed by atoms with E-state index in [1.807, 2.05) is 0 Å². The molecule has 0 fully saturated rings. The van der Waals surface area contributed by atoms with E-state index in [2.05, 4.69) is 9.97 Å². The maximum absolute atomic E-state index is 10.9. The number of hydrogen-bond acceptors (Lipinski definition) is 3. The van der Waals surface area contributed by atoms with Crippen molar-refractivity contribution < 1.29 is 4.79 Å². The molecule has 2 aromatic heterocycles. The molecule has 0 aliphatic carbocycles. The van der Waals surface area contributed by atoms with E-state index in [9.17, 15) is 4.79 Å². The van der Waals surface area contributed by atoms with Crippen LogP contribution < -0.4 is 0 Å². The first-order valence-corrected chi connectivity index (χ1v) is 4.70. The molecule has 0 aliphatic rings. The Bertz CT molecular complexity index is 485. The largest absolute Gasteiger partial charge is 0.298 e. The predicted molar refractivity (Wildman–Crippen MR) is 57.9 cm³/mol. The maximum Gasteiger partial charge on any atom is 0.152 e. The zero-order valence-electron chi connectivity index (χ0n) is 7.72. The first kappa shape index (κ1) is 9.80. The smallest absolute Gasteiger partial charge is 0.152 e. The molecule has 3 nitrogen and oxygen atoms in total. The van der Waals surface area contributed by atoms with Crippen LogP contribution in [-0.4, -0.2) is 16.3 Å². The number of hydrogen-bond donors (Lipinski definition) is 0. The Hall–Kier alpha value is -1.74. The molecule has 2 heterocycles. The third kappa shape index (κ3) is 1.87. The number of pyridine rings is 2. The van der Waals surface area contributed by atoms with Gasteiger partial charge >= 0.3 is 0 Å². The minimum atomic E-state index is 0.360. The average Bonchev–Trinajstić information content (AvgIpc) is 2.30. The molecule has 15 heavy (non-hydrogen) atoms. The number of carbonyl (C=O) groups excluding carboxylic acids is 1. The molecule has 0 unspecified atom stereocenters. The van der Waals surface area contributed by atoms with E-state index < -0.39 is 0 Å². The Morgan fingerprint density at radius 1 is 1.13 bits per heavy atom. The maximum atomic E-state index is 10.9. The molecule has 0 radical (unpaired) electrons. The molecule has 0 aromatic carbocycles. The number of carbonyl (C=O) groups is 1. The van der Waals surface area contributed by atoms with Gasteiger partial charge in [0.25, 0.3) is 0 Å². The van der Waals surface area contributed by atoms with Crippen molar-refractivity contribution in [2.75, 3.05) is 0 Å². The van der Waals surface area contributed by atoms with E-state index in [4.69, 9.17) is 11.6 Å². The van der Waals surface area contributed by atoms with Gasteiger partial charge in [-0.25, -0.2) is 0 Å². The van der Waals surface area contributed by atoms with Crippen molar-refractivity contribution in [1.29, 1.82) is 0 Å². The topological polar surface area (TPSA) is 42.9 Å². The van der Waals surface area contributed by atoms with Crippen molar-refractivity contribution in [3.63, 3.8) is 0 Å². The van der Waals surface area contributed by atoms with Gasteiger partial charge in [-0.1, -0.05) is 11.6 Å². The SMILES string of the molecule is O=Cc1c(Cl)cncc1-c1ccncc1. The Morgan fingerprint density at radius 2 is 1.87 bits per heavy atom. The molecule has 0 atom stereocenters. The molecule has 0 saturated carbocycles. The highest BCUT2D eigenvalue weighted by molar-refractivity contribution is 6.33. The number of rotatable bonds is 2. The van der Waals surface area contributed by atoms with Crippen LogP contribution in [0.2, 0.25) is 5.02 Å².